The second-order valence-corrected chi connectivity index (χ2v) is 7.63. The van der Waals surface area contributed by atoms with E-state index in [0.29, 0.717) is 0 Å². The van der Waals surface area contributed by atoms with Gasteiger partial charge in [-0.2, -0.15) is 0 Å². The fourth-order valence-electron chi connectivity index (χ4n) is 3.22. The molecule has 0 unspecified atom stereocenters. The summed E-state index contributed by atoms with van der Waals surface area (Å²) in [6.45, 7) is 4.11. The van der Waals surface area contributed by atoms with E-state index in [0.717, 1.165) is 22.0 Å². The number of para-hydroxylation sites is 1. The van der Waals surface area contributed by atoms with Crippen molar-refractivity contribution in [2.45, 2.75) is 32.9 Å². The maximum atomic E-state index is 12.8. The molecular weight excluding hydrogens is 394 g/mol. The Morgan fingerprint density at radius 3 is 2.52 bits per heavy atom. The highest BCUT2D eigenvalue weighted by Crippen LogP contribution is 2.19. The highest BCUT2D eigenvalue weighted by Gasteiger charge is 2.24. The summed E-state index contributed by atoms with van der Waals surface area (Å²) in [4.78, 5) is 33.3. The van der Waals surface area contributed by atoms with E-state index in [4.69, 9.17) is 4.84 Å². The maximum Gasteiger partial charge on any atom is 0.326 e. The summed E-state index contributed by atoms with van der Waals surface area (Å²) in [5.41, 5.74) is 5.55. The molecule has 0 radical (unpaired) electrons. The van der Waals surface area contributed by atoms with Crippen LogP contribution in [-0.2, 0) is 27.5 Å². The zero-order valence-corrected chi connectivity index (χ0v) is 17.6. The quantitative estimate of drug-likeness (QED) is 0.296. The molecular formula is C24H27N3O4. The Morgan fingerprint density at radius 1 is 1.10 bits per heavy atom. The van der Waals surface area contributed by atoms with E-state index < -0.39 is 17.9 Å². The summed E-state index contributed by atoms with van der Waals surface area (Å²) in [5, 5.41) is 13.2. The normalized spacial score (nSPS) is 12.7. The number of rotatable bonds is 10. The average Bonchev–Trinajstić information content (AvgIpc) is 3.16. The molecule has 162 valence electrons. The van der Waals surface area contributed by atoms with Gasteiger partial charge in [-0.05, 0) is 23.1 Å². The van der Waals surface area contributed by atoms with E-state index in [1.807, 2.05) is 68.4 Å². The van der Waals surface area contributed by atoms with Crippen molar-refractivity contribution < 1.29 is 19.5 Å². The number of H-pyrrole nitrogens is 1. The average molecular weight is 421 g/mol. The molecule has 0 aliphatic rings. The van der Waals surface area contributed by atoms with Crippen molar-refractivity contribution >= 4 is 22.8 Å². The van der Waals surface area contributed by atoms with Crippen LogP contribution in [-0.4, -0.2) is 28.0 Å². The number of fused-ring (bicyclic) bond motifs is 1. The molecule has 1 atom stereocenters. The summed E-state index contributed by atoms with van der Waals surface area (Å²) in [7, 11) is 0. The topological polar surface area (TPSA) is 103 Å². The van der Waals surface area contributed by atoms with Gasteiger partial charge in [-0.1, -0.05) is 68.5 Å². The molecule has 0 aliphatic carbocycles. The second-order valence-electron chi connectivity index (χ2n) is 7.63. The molecule has 3 rings (SSSR count). The third-order valence-electron chi connectivity index (χ3n) is 4.71. The SMILES string of the molecule is CC(C)C=C(NOCc1ccccc1)C(=O)N[C@@H](Cc1c[nH]c2ccccc12)C(=O)O. The van der Waals surface area contributed by atoms with Gasteiger partial charge in [0, 0.05) is 23.5 Å². The smallest absolute Gasteiger partial charge is 0.326 e. The Morgan fingerprint density at radius 2 is 1.81 bits per heavy atom. The first-order chi connectivity index (χ1) is 14.9. The molecule has 2 aromatic carbocycles. The van der Waals surface area contributed by atoms with Crippen LogP contribution in [0.5, 0.6) is 0 Å². The van der Waals surface area contributed by atoms with Gasteiger partial charge in [-0.25, -0.2) is 4.79 Å². The van der Waals surface area contributed by atoms with E-state index in [1.54, 1.807) is 12.3 Å². The number of nitrogens with one attached hydrogen (secondary N) is 3. The van der Waals surface area contributed by atoms with Crippen LogP contribution in [0.1, 0.15) is 25.0 Å². The van der Waals surface area contributed by atoms with Crippen molar-refractivity contribution in [3.63, 3.8) is 0 Å². The standard InChI is InChI=1S/C24H27N3O4/c1-16(2)12-21(27-31-15-17-8-4-3-5-9-17)23(28)26-22(24(29)30)13-18-14-25-20-11-7-6-10-19(18)20/h3-12,14,16,22,25,27H,13,15H2,1-2H3,(H,26,28)(H,29,30)/t22-/m0/s1. The molecule has 0 saturated carbocycles. The number of aliphatic carboxylic acids is 1. The van der Waals surface area contributed by atoms with Crippen LogP contribution in [0.2, 0.25) is 0 Å². The number of hydrogen-bond acceptors (Lipinski definition) is 4. The largest absolute Gasteiger partial charge is 0.480 e. The van der Waals surface area contributed by atoms with Crippen molar-refractivity contribution in [2.24, 2.45) is 5.92 Å². The minimum absolute atomic E-state index is 0.0606. The highest BCUT2D eigenvalue weighted by molar-refractivity contribution is 5.95. The van der Waals surface area contributed by atoms with Crippen LogP contribution in [0, 0.1) is 5.92 Å². The molecule has 31 heavy (non-hydrogen) atoms. The molecule has 0 spiro atoms. The minimum atomic E-state index is -1.10. The molecule has 1 amide bonds. The number of aromatic amines is 1. The fourth-order valence-corrected chi connectivity index (χ4v) is 3.22. The van der Waals surface area contributed by atoms with Gasteiger partial charge in [-0.3, -0.25) is 15.1 Å². The molecule has 3 aromatic rings. The maximum absolute atomic E-state index is 12.8. The van der Waals surface area contributed by atoms with E-state index in [2.05, 4.69) is 15.8 Å². The number of aromatic nitrogens is 1. The summed E-state index contributed by atoms with van der Waals surface area (Å²) >= 11 is 0. The number of hydrogen-bond donors (Lipinski definition) is 4. The molecule has 0 aliphatic heterocycles. The second kappa shape index (κ2) is 10.4. The van der Waals surface area contributed by atoms with Crippen LogP contribution in [0.25, 0.3) is 10.9 Å². The third kappa shape index (κ3) is 6.20. The molecule has 7 heteroatoms. The van der Waals surface area contributed by atoms with E-state index >= 15 is 0 Å². The lowest BCUT2D eigenvalue weighted by atomic mass is 10.0. The number of benzene rings is 2. The van der Waals surface area contributed by atoms with Crippen LogP contribution in [0.15, 0.2) is 72.6 Å². The van der Waals surface area contributed by atoms with Crippen LogP contribution >= 0.6 is 0 Å². The lowest BCUT2D eigenvalue weighted by Crippen LogP contribution is -2.44. The van der Waals surface area contributed by atoms with E-state index in [9.17, 15) is 14.7 Å². The monoisotopic (exact) mass is 421 g/mol. The van der Waals surface area contributed by atoms with Gasteiger partial charge in [0.15, 0.2) is 0 Å². The Hall–Kier alpha value is -3.58. The number of amides is 1. The Bertz CT molecular complexity index is 1060. The van der Waals surface area contributed by atoms with Gasteiger partial charge in [-0.15, -0.1) is 0 Å². The minimum Gasteiger partial charge on any atom is -0.480 e. The van der Waals surface area contributed by atoms with Gasteiger partial charge in [0.2, 0.25) is 0 Å². The Kier molecular flexibility index (Phi) is 7.45. The molecule has 7 nitrogen and oxygen atoms in total. The molecule has 0 fully saturated rings. The van der Waals surface area contributed by atoms with E-state index in [1.165, 1.54) is 0 Å². The van der Waals surface area contributed by atoms with Crippen LogP contribution < -0.4 is 10.8 Å². The predicted octanol–water partition coefficient (Wildman–Crippen LogP) is 3.54. The van der Waals surface area contributed by atoms with Crippen molar-refractivity contribution in [1.29, 1.82) is 0 Å². The predicted molar refractivity (Wildman–Crippen MR) is 119 cm³/mol. The van der Waals surface area contributed by atoms with Crippen molar-refractivity contribution in [3.8, 4) is 0 Å². The van der Waals surface area contributed by atoms with Gasteiger partial charge < -0.3 is 15.4 Å². The summed E-state index contributed by atoms with van der Waals surface area (Å²) in [6.07, 6.45) is 3.63. The van der Waals surface area contributed by atoms with E-state index in [-0.39, 0.29) is 24.6 Å². The van der Waals surface area contributed by atoms with Gasteiger partial charge in [0.25, 0.3) is 5.91 Å². The van der Waals surface area contributed by atoms with Crippen molar-refractivity contribution in [3.05, 3.63) is 83.7 Å². The molecule has 1 heterocycles. The first-order valence-corrected chi connectivity index (χ1v) is 10.2. The first kappa shape index (κ1) is 22.1. The number of allylic oxidation sites excluding steroid dienone is 1. The Balaban J connectivity index is 1.68. The van der Waals surface area contributed by atoms with Gasteiger partial charge in [0.1, 0.15) is 11.7 Å². The van der Waals surface area contributed by atoms with Crippen LogP contribution in [0.3, 0.4) is 0 Å². The highest BCUT2D eigenvalue weighted by atomic mass is 16.6. The molecule has 0 bridgehead atoms. The third-order valence-corrected chi connectivity index (χ3v) is 4.71. The number of carbonyl (C=O) groups excluding carboxylic acids is 1. The first-order valence-electron chi connectivity index (χ1n) is 10.2. The Labute approximate surface area is 181 Å². The molecule has 1 aromatic heterocycles. The molecule has 4 N–H and O–H groups in total. The number of hydroxylamine groups is 1. The zero-order chi connectivity index (χ0) is 22.2. The zero-order valence-electron chi connectivity index (χ0n) is 17.6. The summed E-state index contributed by atoms with van der Waals surface area (Å²) in [6, 6.07) is 16.1. The fraction of sp³-hybridized carbons (Fsp3) is 0.250. The number of carbonyl (C=O) groups is 2. The molecule has 0 saturated heterocycles. The van der Waals surface area contributed by atoms with Crippen molar-refractivity contribution in [1.82, 2.24) is 15.8 Å². The number of carboxylic acid groups (broad SMARTS) is 1. The van der Waals surface area contributed by atoms with Crippen LogP contribution in [0.4, 0.5) is 0 Å². The van der Waals surface area contributed by atoms with Crippen molar-refractivity contribution in [2.75, 3.05) is 0 Å². The summed E-state index contributed by atoms with van der Waals surface area (Å²) < 4.78 is 0. The van der Waals surface area contributed by atoms with Gasteiger partial charge >= 0.3 is 5.97 Å². The summed E-state index contributed by atoms with van der Waals surface area (Å²) in [5.74, 6) is -1.58. The number of carboxylic acids is 1. The lowest BCUT2D eigenvalue weighted by molar-refractivity contribution is -0.141. The van der Waals surface area contributed by atoms with Gasteiger partial charge in [0.05, 0.1) is 6.61 Å². The lowest BCUT2D eigenvalue weighted by Gasteiger charge is -2.17.